The molecule has 7 heteroatoms. The maximum Gasteiger partial charge on any atom is 0.269 e. The van der Waals surface area contributed by atoms with E-state index in [0.717, 1.165) is 12.8 Å². The molecule has 0 atom stereocenters. The van der Waals surface area contributed by atoms with Crippen LogP contribution in [0.25, 0.3) is 0 Å². The second kappa shape index (κ2) is 5.33. The molecule has 1 aliphatic rings. The van der Waals surface area contributed by atoms with Crippen LogP contribution in [0.2, 0.25) is 0 Å². The van der Waals surface area contributed by atoms with Gasteiger partial charge in [0.1, 0.15) is 5.69 Å². The molecular weight excluding hydrogens is 220 g/mol. The van der Waals surface area contributed by atoms with E-state index in [4.69, 9.17) is 5.73 Å². The maximum absolute atomic E-state index is 11.5. The van der Waals surface area contributed by atoms with Crippen molar-refractivity contribution in [1.82, 2.24) is 20.8 Å². The van der Waals surface area contributed by atoms with Crippen molar-refractivity contribution >= 4 is 11.9 Å². The van der Waals surface area contributed by atoms with Crippen LogP contribution in [0.5, 0.6) is 0 Å². The molecule has 1 fully saturated rings. The van der Waals surface area contributed by atoms with Crippen LogP contribution in [0.4, 0.5) is 0 Å². The number of nitrogens with zero attached hydrogens (tertiary/aromatic N) is 2. The fourth-order valence-corrected chi connectivity index (χ4v) is 1.31. The van der Waals surface area contributed by atoms with E-state index in [1.54, 1.807) is 6.07 Å². The number of aromatic nitrogens is 2. The molecule has 17 heavy (non-hydrogen) atoms. The average Bonchev–Trinajstić information content (AvgIpc) is 2.96. The average molecular weight is 236 g/mol. The number of carbonyl (C=O) groups excluding carboxylic acids is 1. The SMILES string of the molecule is NC(=NCCNC(=O)c1ccn[nH]1)NC1CC1. The highest BCUT2D eigenvalue weighted by atomic mass is 16.1. The van der Waals surface area contributed by atoms with Gasteiger partial charge in [0.05, 0.1) is 6.54 Å². The predicted octanol–water partition coefficient (Wildman–Crippen LogP) is -0.794. The fraction of sp³-hybridized carbons (Fsp3) is 0.500. The third-order valence-electron chi connectivity index (χ3n) is 2.35. The molecule has 92 valence electrons. The molecule has 5 N–H and O–H groups in total. The van der Waals surface area contributed by atoms with Crippen molar-refractivity contribution in [1.29, 1.82) is 0 Å². The number of aromatic amines is 1. The molecule has 0 aliphatic heterocycles. The first-order valence-corrected chi connectivity index (χ1v) is 5.60. The number of hydrogen-bond acceptors (Lipinski definition) is 3. The number of guanidine groups is 1. The van der Waals surface area contributed by atoms with E-state index in [9.17, 15) is 4.79 Å². The summed E-state index contributed by atoms with van der Waals surface area (Å²) in [5.74, 6) is 0.259. The van der Waals surface area contributed by atoms with Gasteiger partial charge in [-0.3, -0.25) is 14.9 Å². The van der Waals surface area contributed by atoms with Crippen LogP contribution in [0.3, 0.4) is 0 Å². The minimum atomic E-state index is -0.188. The van der Waals surface area contributed by atoms with Gasteiger partial charge in [-0.25, -0.2) is 0 Å². The molecule has 1 aromatic rings. The summed E-state index contributed by atoms with van der Waals surface area (Å²) in [6, 6.07) is 2.11. The van der Waals surface area contributed by atoms with Crippen molar-refractivity contribution in [2.45, 2.75) is 18.9 Å². The molecule has 0 radical (unpaired) electrons. The van der Waals surface area contributed by atoms with Crippen molar-refractivity contribution < 1.29 is 4.79 Å². The van der Waals surface area contributed by atoms with Crippen LogP contribution in [-0.4, -0.2) is 41.2 Å². The number of hydrogen-bond donors (Lipinski definition) is 4. The van der Waals surface area contributed by atoms with Gasteiger partial charge in [0, 0.05) is 18.8 Å². The van der Waals surface area contributed by atoms with Crippen LogP contribution in [0, 0.1) is 0 Å². The molecule has 0 unspecified atom stereocenters. The molecule has 1 aromatic heterocycles. The van der Waals surface area contributed by atoms with Crippen molar-refractivity contribution in [3.63, 3.8) is 0 Å². The molecule has 2 rings (SSSR count). The highest BCUT2D eigenvalue weighted by molar-refractivity contribution is 5.92. The quantitative estimate of drug-likeness (QED) is 0.305. The van der Waals surface area contributed by atoms with Gasteiger partial charge in [-0.15, -0.1) is 0 Å². The first kappa shape index (κ1) is 11.4. The van der Waals surface area contributed by atoms with Crippen molar-refractivity contribution in [3.05, 3.63) is 18.0 Å². The van der Waals surface area contributed by atoms with Gasteiger partial charge >= 0.3 is 0 Å². The van der Waals surface area contributed by atoms with Crippen LogP contribution in [0.1, 0.15) is 23.3 Å². The third kappa shape index (κ3) is 3.78. The predicted molar refractivity (Wildman–Crippen MR) is 63.6 cm³/mol. The topological polar surface area (TPSA) is 108 Å². The minimum absolute atomic E-state index is 0.188. The monoisotopic (exact) mass is 236 g/mol. The number of H-pyrrole nitrogens is 1. The highest BCUT2D eigenvalue weighted by Gasteiger charge is 2.21. The Labute approximate surface area is 98.9 Å². The van der Waals surface area contributed by atoms with Gasteiger partial charge in [-0.2, -0.15) is 5.10 Å². The van der Waals surface area contributed by atoms with Gasteiger partial charge in [0.25, 0.3) is 5.91 Å². The lowest BCUT2D eigenvalue weighted by Gasteiger charge is -2.04. The highest BCUT2D eigenvalue weighted by Crippen LogP contribution is 2.17. The summed E-state index contributed by atoms with van der Waals surface area (Å²) in [5.41, 5.74) is 6.08. The molecule has 0 bridgehead atoms. The van der Waals surface area contributed by atoms with Crippen molar-refractivity contribution in [2.24, 2.45) is 10.7 Å². The summed E-state index contributed by atoms with van der Waals surface area (Å²) in [5, 5.41) is 12.1. The standard InChI is InChI=1S/C10H16N6O/c11-10(15-7-1-2-7)13-6-5-12-9(17)8-3-4-14-16-8/h3-4,7H,1-2,5-6H2,(H,12,17)(H,14,16)(H3,11,13,15). The van der Waals surface area contributed by atoms with E-state index in [-0.39, 0.29) is 5.91 Å². The lowest BCUT2D eigenvalue weighted by molar-refractivity contribution is 0.0950. The Kier molecular flexibility index (Phi) is 3.59. The number of aliphatic imine (C=N–C) groups is 1. The van der Waals surface area contributed by atoms with E-state index >= 15 is 0 Å². The van der Waals surface area contributed by atoms with Gasteiger partial charge < -0.3 is 16.4 Å². The molecule has 1 heterocycles. The molecule has 0 saturated heterocycles. The molecule has 1 aliphatic carbocycles. The van der Waals surface area contributed by atoms with E-state index in [2.05, 4.69) is 25.8 Å². The number of carbonyl (C=O) groups is 1. The van der Waals surface area contributed by atoms with Crippen LogP contribution in [0.15, 0.2) is 17.3 Å². The molecule has 0 spiro atoms. The second-order valence-corrected chi connectivity index (χ2v) is 3.91. The van der Waals surface area contributed by atoms with Gasteiger partial charge in [0.2, 0.25) is 0 Å². The third-order valence-corrected chi connectivity index (χ3v) is 2.35. The van der Waals surface area contributed by atoms with Gasteiger partial charge in [0.15, 0.2) is 5.96 Å². The van der Waals surface area contributed by atoms with E-state index < -0.39 is 0 Å². The van der Waals surface area contributed by atoms with Crippen molar-refractivity contribution in [2.75, 3.05) is 13.1 Å². The van der Waals surface area contributed by atoms with Crippen molar-refractivity contribution in [3.8, 4) is 0 Å². The zero-order valence-corrected chi connectivity index (χ0v) is 9.44. The summed E-state index contributed by atoms with van der Waals surface area (Å²) < 4.78 is 0. The number of amides is 1. The van der Waals surface area contributed by atoms with E-state index in [0.29, 0.717) is 30.8 Å². The molecule has 0 aromatic carbocycles. The second-order valence-electron chi connectivity index (χ2n) is 3.91. The maximum atomic E-state index is 11.5. The summed E-state index contributed by atoms with van der Waals surface area (Å²) >= 11 is 0. The Balaban J connectivity index is 1.63. The van der Waals surface area contributed by atoms with Crippen LogP contribution in [-0.2, 0) is 0 Å². The lowest BCUT2D eigenvalue weighted by atomic mass is 10.4. The Hall–Kier alpha value is -2.05. The first-order chi connectivity index (χ1) is 8.25. The summed E-state index contributed by atoms with van der Waals surface area (Å²) in [6.07, 6.45) is 3.85. The van der Waals surface area contributed by atoms with E-state index in [1.165, 1.54) is 6.20 Å². The lowest BCUT2D eigenvalue weighted by Crippen LogP contribution is -2.34. The Morgan fingerprint density at radius 3 is 3.12 bits per heavy atom. The Morgan fingerprint density at radius 1 is 1.65 bits per heavy atom. The van der Waals surface area contributed by atoms with E-state index in [1.807, 2.05) is 0 Å². The molecule has 7 nitrogen and oxygen atoms in total. The van der Waals surface area contributed by atoms with Gasteiger partial charge in [-0.1, -0.05) is 0 Å². The van der Waals surface area contributed by atoms with Crippen LogP contribution < -0.4 is 16.4 Å². The fourth-order valence-electron chi connectivity index (χ4n) is 1.31. The normalized spacial score (nSPS) is 15.6. The zero-order chi connectivity index (χ0) is 12.1. The largest absolute Gasteiger partial charge is 0.370 e. The summed E-state index contributed by atoms with van der Waals surface area (Å²) in [4.78, 5) is 15.6. The summed E-state index contributed by atoms with van der Waals surface area (Å²) in [7, 11) is 0. The number of rotatable bonds is 5. The van der Waals surface area contributed by atoms with Crippen LogP contribution >= 0.6 is 0 Å². The molecular formula is C10H16N6O. The molecule has 1 saturated carbocycles. The molecule has 1 amide bonds. The summed E-state index contributed by atoms with van der Waals surface area (Å²) in [6.45, 7) is 0.913. The van der Waals surface area contributed by atoms with Gasteiger partial charge in [-0.05, 0) is 18.9 Å². The smallest absolute Gasteiger partial charge is 0.269 e. The first-order valence-electron chi connectivity index (χ1n) is 5.60. The zero-order valence-electron chi connectivity index (χ0n) is 9.44. The number of nitrogens with two attached hydrogens (primary N) is 1. The Bertz CT molecular complexity index is 395. The minimum Gasteiger partial charge on any atom is -0.370 e. The Morgan fingerprint density at radius 2 is 2.47 bits per heavy atom. The number of nitrogens with one attached hydrogen (secondary N) is 3.